The quantitative estimate of drug-likeness (QED) is 0.771. The number of H-pyrrole nitrogens is 1. The molecule has 0 fully saturated rings. The molecule has 2 heterocycles. The fraction of sp³-hybridized carbons (Fsp3) is 0.0625. The lowest BCUT2D eigenvalue weighted by atomic mass is 10.0. The maximum Gasteiger partial charge on any atom is 0.162 e. The number of nitrogens with zero attached hydrogens (tertiary/aromatic N) is 3. The number of benzene rings is 1. The van der Waals surface area contributed by atoms with Gasteiger partial charge in [-0.05, 0) is 24.0 Å². The molecule has 0 unspecified atom stereocenters. The minimum atomic E-state index is -2.28. The zero-order chi connectivity index (χ0) is 16.4. The highest BCUT2D eigenvalue weighted by molar-refractivity contribution is 5.69. The number of rotatable bonds is 2. The summed E-state index contributed by atoms with van der Waals surface area (Å²) in [6.07, 6.45) is 1.54. The van der Waals surface area contributed by atoms with Crippen LogP contribution in [0.15, 0.2) is 48.7 Å². The first kappa shape index (κ1) is 9.05. The molecule has 4 heteroatoms. The normalized spacial score (nSPS) is 13.1. The van der Waals surface area contributed by atoms with Gasteiger partial charge in [0.1, 0.15) is 6.07 Å². The fourth-order valence-corrected chi connectivity index (χ4v) is 1.96. The Hall–Kier alpha value is -2.93. The number of nitriles is 1. The highest BCUT2D eigenvalue weighted by atomic mass is 15.1. The molecule has 96 valence electrons. The summed E-state index contributed by atoms with van der Waals surface area (Å²) < 4.78 is 23.4. The van der Waals surface area contributed by atoms with Crippen molar-refractivity contribution in [1.29, 1.82) is 5.26 Å². The summed E-state index contributed by atoms with van der Waals surface area (Å²) in [5.74, 6) is 0. The van der Waals surface area contributed by atoms with Crippen molar-refractivity contribution in [3.8, 4) is 28.6 Å². The smallest absolute Gasteiger partial charge is 0.162 e. The Morgan fingerprint density at radius 1 is 1.25 bits per heavy atom. The number of nitrogens with one attached hydrogen (secondary N) is 1. The molecular formula is C16H12N4. The van der Waals surface area contributed by atoms with Crippen molar-refractivity contribution in [2.24, 2.45) is 0 Å². The van der Waals surface area contributed by atoms with Crippen molar-refractivity contribution in [3.05, 3.63) is 59.9 Å². The maximum atomic E-state index is 8.83. The Morgan fingerprint density at radius 2 is 2.10 bits per heavy atom. The van der Waals surface area contributed by atoms with Crippen LogP contribution in [0.2, 0.25) is 0 Å². The Morgan fingerprint density at radius 3 is 2.80 bits per heavy atom. The first-order chi connectivity index (χ1) is 11.0. The Bertz CT molecular complexity index is 876. The average Bonchev–Trinajstić information content (AvgIpc) is 3.03. The van der Waals surface area contributed by atoms with Crippen LogP contribution >= 0.6 is 0 Å². The van der Waals surface area contributed by atoms with E-state index in [1.807, 2.05) is 36.4 Å². The van der Waals surface area contributed by atoms with Crippen molar-refractivity contribution in [1.82, 2.24) is 15.2 Å². The first-order valence-electron chi connectivity index (χ1n) is 7.51. The first-order valence-corrected chi connectivity index (χ1v) is 6.01. The molecular weight excluding hydrogens is 248 g/mol. The van der Waals surface area contributed by atoms with Crippen molar-refractivity contribution in [2.45, 2.75) is 6.85 Å². The minimum absolute atomic E-state index is 0.210. The van der Waals surface area contributed by atoms with Crippen molar-refractivity contribution < 1.29 is 4.11 Å². The second-order valence-electron chi connectivity index (χ2n) is 4.26. The van der Waals surface area contributed by atoms with E-state index in [9.17, 15) is 0 Å². The molecule has 0 bridgehead atoms. The zero-order valence-corrected chi connectivity index (χ0v) is 10.5. The molecule has 0 amide bonds. The van der Waals surface area contributed by atoms with Crippen LogP contribution in [0.3, 0.4) is 0 Å². The topological polar surface area (TPSA) is 65.4 Å². The Balaban J connectivity index is 2.15. The molecule has 4 nitrogen and oxygen atoms in total. The van der Waals surface area contributed by atoms with Crippen LogP contribution < -0.4 is 0 Å². The van der Waals surface area contributed by atoms with Gasteiger partial charge in [-0.1, -0.05) is 30.3 Å². The van der Waals surface area contributed by atoms with Crippen LogP contribution in [-0.2, 0) is 0 Å². The molecule has 1 N–H and O–H groups in total. The molecule has 0 aliphatic heterocycles. The van der Waals surface area contributed by atoms with Gasteiger partial charge < -0.3 is 0 Å². The predicted molar refractivity (Wildman–Crippen MR) is 76.7 cm³/mol. The molecule has 0 radical (unpaired) electrons. The number of hydrogen-bond donors (Lipinski definition) is 1. The zero-order valence-electron chi connectivity index (χ0n) is 13.5. The van der Waals surface area contributed by atoms with E-state index in [2.05, 4.69) is 15.2 Å². The van der Waals surface area contributed by atoms with E-state index in [0.29, 0.717) is 17.0 Å². The summed E-state index contributed by atoms with van der Waals surface area (Å²) in [7, 11) is 0. The Kier molecular flexibility index (Phi) is 2.25. The second-order valence-corrected chi connectivity index (χ2v) is 4.26. The van der Waals surface area contributed by atoms with Crippen LogP contribution in [0.4, 0.5) is 0 Å². The molecule has 3 rings (SSSR count). The van der Waals surface area contributed by atoms with Crippen LogP contribution in [0.1, 0.15) is 15.4 Å². The minimum Gasteiger partial charge on any atom is -0.275 e. The summed E-state index contributed by atoms with van der Waals surface area (Å²) >= 11 is 0. The van der Waals surface area contributed by atoms with E-state index in [1.165, 1.54) is 12.1 Å². The van der Waals surface area contributed by atoms with E-state index in [4.69, 9.17) is 9.37 Å². The number of aryl methyl sites for hydroxylation is 1. The number of hydrogen-bond acceptors (Lipinski definition) is 3. The van der Waals surface area contributed by atoms with Crippen LogP contribution in [-0.4, -0.2) is 15.2 Å². The molecule has 1 aromatic carbocycles. The summed E-state index contributed by atoms with van der Waals surface area (Å²) in [5, 5.41) is 15.3. The average molecular weight is 263 g/mol. The fourth-order valence-electron chi connectivity index (χ4n) is 1.96. The van der Waals surface area contributed by atoms with Crippen LogP contribution in [0.5, 0.6) is 0 Å². The van der Waals surface area contributed by atoms with Gasteiger partial charge in [-0.15, -0.1) is 0 Å². The standard InChI is InChI=1S/C16H12N4/c1-11-7-15(16-8-13(9-17)19-20-16)18-10-14(11)12-5-3-2-4-6-12/h2-8,10H,1H3,(H,19,20)/i1D3. The maximum absolute atomic E-state index is 8.83. The van der Waals surface area contributed by atoms with E-state index in [-0.39, 0.29) is 11.3 Å². The van der Waals surface area contributed by atoms with Gasteiger partial charge in [-0.25, -0.2) is 0 Å². The highest BCUT2D eigenvalue weighted by Gasteiger charge is 2.08. The number of aromatic nitrogens is 3. The molecule has 0 atom stereocenters. The molecule has 0 saturated heterocycles. The molecule has 0 saturated carbocycles. The van der Waals surface area contributed by atoms with Gasteiger partial charge in [0.25, 0.3) is 0 Å². The summed E-state index contributed by atoms with van der Waals surface area (Å²) in [4.78, 5) is 4.32. The molecule has 2 aromatic heterocycles. The van der Waals surface area contributed by atoms with Gasteiger partial charge in [-0.3, -0.25) is 10.1 Å². The monoisotopic (exact) mass is 263 g/mol. The summed E-state index contributed by atoms with van der Waals surface area (Å²) in [6, 6.07) is 14.2. The van der Waals surface area contributed by atoms with E-state index < -0.39 is 6.85 Å². The van der Waals surface area contributed by atoms with Gasteiger partial charge >= 0.3 is 0 Å². The summed E-state index contributed by atoms with van der Waals surface area (Å²) in [5.41, 5.74) is 2.73. The van der Waals surface area contributed by atoms with Crippen molar-refractivity contribution >= 4 is 0 Å². The lowest BCUT2D eigenvalue weighted by Gasteiger charge is -2.07. The third-order valence-electron chi connectivity index (χ3n) is 2.96. The van der Waals surface area contributed by atoms with Gasteiger partial charge in [-0.2, -0.15) is 10.4 Å². The van der Waals surface area contributed by atoms with Gasteiger partial charge in [0.15, 0.2) is 5.69 Å². The lowest BCUT2D eigenvalue weighted by Crippen LogP contribution is -1.89. The van der Waals surface area contributed by atoms with Crippen molar-refractivity contribution in [2.75, 3.05) is 0 Å². The Labute approximate surface area is 120 Å². The van der Waals surface area contributed by atoms with Crippen molar-refractivity contribution in [3.63, 3.8) is 0 Å². The summed E-state index contributed by atoms with van der Waals surface area (Å²) in [6.45, 7) is -2.28. The van der Waals surface area contributed by atoms with E-state index in [0.717, 1.165) is 5.56 Å². The van der Waals surface area contributed by atoms with E-state index in [1.54, 1.807) is 6.20 Å². The largest absolute Gasteiger partial charge is 0.275 e. The van der Waals surface area contributed by atoms with Crippen LogP contribution in [0.25, 0.3) is 22.5 Å². The highest BCUT2D eigenvalue weighted by Crippen LogP contribution is 2.25. The second kappa shape index (κ2) is 4.98. The molecule has 0 spiro atoms. The van der Waals surface area contributed by atoms with Gasteiger partial charge in [0, 0.05) is 21.9 Å². The van der Waals surface area contributed by atoms with Gasteiger partial charge in [0.2, 0.25) is 0 Å². The van der Waals surface area contributed by atoms with Crippen LogP contribution in [0, 0.1) is 18.2 Å². The predicted octanol–water partition coefficient (Wildman–Crippen LogP) is 3.32. The third-order valence-corrected chi connectivity index (χ3v) is 2.96. The lowest BCUT2D eigenvalue weighted by molar-refractivity contribution is 1.07. The SMILES string of the molecule is [2H]C([2H])([2H])c1cc(-c2cc(C#N)n[nH]2)ncc1-c1ccccc1. The molecule has 20 heavy (non-hydrogen) atoms. The third kappa shape index (κ3) is 2.17. The molecule has 0 aliphatic rings. The van der Waals surface area contributed by atoms with Gasteiger partial charge in [0.05, 0.1) is 11.4 Å². The van der Waals surface area contributed by atoms with E-state index >= 15 is 0 Å². The number of aromatic amines is 1. The number of pyridine rings is 1. The molecule has 3 aromatic rings. The molecule has 0 aliphatic carbocycles.